The van der Waals surface area contributed by atoms with Crippen LogP contribution < -0.4 is 0 Å². The SMILES string of the molecule is C=CC[C@@]1(C)CC(c2cccc(Cl)c2)C(c2ccc(Cl)cc2)N([C@H](CN(Cc2cccs2)S(C)(=O)=O)C2CC2)C1=O. The molecule has 0 bridgehead atoms. The summed E-state index contributed by atoms with van der Waals surface area (Å²) in [5.74, 6) is 0.187. The minimum atomic E-state index is -3.54. The summed E-state index contributed by atoms with van der Waals surface area (Å²) in [5, 5.41) is 3.22. The van der Waals surface area contributed by atoms with Crippen molar-refractivity contribution in [2.75, 3.05) is 12.8 Å². The third-order valence-corrected chi connectivity index (χ3v) is 11.0. The number of rotatable bonds is 11. The van der Waals surface area contributed by atoms with Gasteiger partial charge in [0.1, 0.15) is 0 Å². The first-order valence-corrected chi connectivity index (χ1v) is 17.4. The predicted octanol–water partition coefficient (Wildman–Crippen LogP) is 7.93. The van der Waals surface area contributed by atoms with Crippen molar-refractivity contribution in [3.8, 4) is 0 Å². The molecular formula is C32H36Cl2N2O3S2. The van der Waals surface area contributed by atoms with Gasteiger partial charge in [0.05, 0.1) is 17.7 Å². The quantitative estimate of drug-likeness (QED) is 0.202. The maximum Gasteiger partial charge on any atom is 0.229 e. The molecule has 2 fully saturated rings. The van der Waals surface area contributed by atoms with Crippen molar-refractivity contribution in [1.82, 2.24) is 9.21 Å². The molecule has 1 aliphatic carbocycles. The summed E-state index contributed by atoms with van der Waals surface area (Å²) < 4.78 is 27.8. The molecule has 2 unspecified atom stereocenters. The Bertz CT molecular complexity index is 1490. The largest absolute Gasteiger partial charge is 0.330 e. The molecule has 9 heteroatoms. The second kappa shape index (κ2) is 12.2. The van der Waals surface area contributed by atoms with Gasteiger partial charge in [0.25, 0.3) is 0 Å². The van der Waals surface area contributed by atoms with Gasteiger partial charge < -0.3 is 4.90 Å². The Labute approximate surface area is 257 Å². The van der Waals surface area contributed by atoms with E-state index in [0.717, 1.165) is 28.8 Å². The molecule has 0 spiro atoms. The monoisotopic (exact) mass is 630 g/mol. The van der Waals surface area contributed by atoms with Crippen LogP contribution in [0.4, 0.5) is 0 Å². The number of nitrogens with zero attached hydrogens (tertiary/aromatic N) is 2. The molecule has 2 aliphatic rings. The van der Waals surface area contributed by atoms with Crippen molar-refractivity contribution in [3.05, 3.63) is 105 Å². The minimum absolute atomic E-state index is 0.0390. The molecule has 0 N–H and O–H groups in total. The van der Waals surface area contributed by atoms with E-state index in [1.807, 2.05) is 77.9 Å². The van der Waals surface area contributed by atoms with E-state index in [2.05, 4.69) is 12.6 Å². The number of benzene rings is 2. The van der Waals surface area contributed by atoms with Crippen molar-refractivity contribution >= 4 is 50.5 Å². The number of sulfonamides is 1. The Balaban J connectivity index is 1.65. The fraction of sp³-hybridized carbons (Fsp3) is 0.406. The lowest BCUT2D eigenvalue weighted by Gasteiger charge is -2.52. The molecule has 2 heterocycles. The van der Waals surface area contributed by atoms with Crippen LogP contribution in [0.1, 0.15) is 60.6 Å². The minimum Gasteiger partial charge on any atom is -0.330 e. The van der Waals surface area contributed by atoms with Gasteiger partial charge in [0, 0.05) is 40.0 Å². The number of thiophene rings is 1. The molecule has 1 aliphatic heterocycles. The van der Waals surface area contributed by atoms with Gasteiger partial charge in [-0.05, 0) is 78.4 Å². The molecular weight excluding hydrogens is 595 g/mol. The molecule has 1 saturated carbocycles. The van der Waals surface area contributed by atoms with E-state index in [0.29, 0.717) is 22.9 Å². The molecule has 41 heavy (non-hydrogen) atoms. The number of halogens is 2. The van der Waals surface area contributed by atoms with Crippen LogP contribution in [0.15, 0.2) is 78.7 Å². The highest BCUT2D eigenvalue weighted by Crippen LogP contribution is 2.54. The highest BCUT2D eigenvalue weighted by Gasteiger charge is 2.53. The number of piperidine rings is 1. The van der Waals surface area contributed by atoms with E-state index in [-0.39, 0.29) is 42.9 Å². The summed E-state index contributed by atoms with van der Waals surface area (Å²) in [4.78, 5) is 17.7. The first kappa shape index (κ1) is 30.3. The summed E-state index contributed by atoms with van der Waals surface area (Å²) >= 11 is 14.3. The summed E-state index contributed by atoms with van der Waals surface area (Å²) in [6, 6.07) is 18.9. The Morgan fingerprint density at radius 3 is 2.41 bits per heavy atom. The third kappa shape index (κ3) is 6.75. The average Bonchev–Trinajstić information content (AvgIpc) is 3.63. The van der Waals surface area contributed by atoms with E-state index >= 15 is 0 Å². The Morgan fingerprint density at radius 2 is 1.83 bits per heavy atom. The fourth-order valence-corrected chi connectivity index (χ4v) is 8.22. The van der Waals surface area contributed by atoms with Crippen LogP contribution >= 0.6 is 34.5 Å². The molecule has 1 aromatic heterocycles. The number of carbonyl (C=O) groups excluding carboxylic acids is 1. The van der Waals surface area contributed by atoms with Gasteiger partial charge in [0.2, 0.25) is 15.9 Å². The van der Waals surface area contributed by atoms with E-state index in [9.17, 15) is 13.2 Å². The van der Waals surface area contributed by atoms with Gasteiger partial charge >= 0.3 is 0 Å². The Morgan fingerprint density at radius 1 is 1.10 bits per heavy atom. The molecule has 1 amide bonds. The van der Waals surface area contributed by atoms with Crippen LogP contribution in [0.5, 0.6) is 0 Å². The molecule has 5 nitrogen and oxygen atoms in total. The van der Waals surface area contributed by atoms with Gasteiger partial charge in [-0.3, -0.25) is 4.79 Å². The fourth-order valence-electron chi connectivity index (χ4n) is 6.30. The van der Waals surface area contributed by atoms with Crippen LogP contribution in [0.2, 0.25) is 10.0 Å². The topological polar surface area (TPSA) is 57.7 Å². The summed E-state index contributed by atoms with van der Waals surface area (Å²) in [7, 11) is -3.54. The normalized spacial score (nSPS) is 24.0. The molecule has 3 aromatic rings. The maximum absolute atomic E-state index is 14.7. The number of allylic oxidation sites excluding steroid dienone is 1. The van der Waals surface area contributed by atoms with Crippen LogP contribution in [-0.4, -0.2) is 42.4 Å². The molecule has 0 radical (unpaired) electrons. The maximum atomic E-state index is 14.7. The number of likely N-dealkylation sites (tertiary alicyclic amines) is 1. The van der Waals surface area contributed by atoms with E-state index in [1.165, 1.54) is 17.6 Å². The predicted molar refractivity (Wildman–Crippen MR) is 169 cm³/mol. The van der Waals surface area contributed by atoms with E-state index in [1.54, 1.807) is 4.31 Å². The highest BCUT2D eigenvalue weighted by atomic mass is 35.5. The molecule has 5 rings (SSSR count). The smallest absolute Gasteiger partial charge is 0.229 e. The average molecular weight is 632 g/mol. The number of hydrogen-bond donors (Lipinski definition) is 0. The Hall–Kier alpha value is -2.16. The standard InChI is InChI=1S/C32H36Cl2N2O3S2/c1-4-16-32(2)19-28(24-7-5-8-26(34)18-24)30(23-12-14-25(33)15-13-23)36(31(32)37)29(22-10-11-22)21-35(41(3,38)39)20-27-9-6-17-40-27/h4-9,12-15,17-18,22,28-30H,1,10-11,16,19-21H2,2-3H3/t28?,29-,30?,32+/m1/s1. The highest BCUT2D eigenvalue weighted by molar-refractivity contribution is 7.88. The van der Waals surface area contributed by atoms with Crippen LogP contribution in [0.25, 0.3) is 0 Å². The second-order valence-corrected chi connectivity index (χ2v) is 15.6. The van der Waals surface area contributed by atoms with Gasteiger partial charge in [-0.25, -0.2) is 8.42 Å². The number of hydrogen-bond acceptors (Lipinski definition) is 4. The van der Waals surface area contributed by atoms with Gasteiger partial charge in [-0.2, -0.15) is 4.31 Å². The van der Waals surface area contributed by atoms with E-state index < -0.39 is 15.4 Å². The van der Waals surface area contributed by atoms with Crippen LogP contribution in [0, 0.1) is 11.3 Å². The van der Waals surface area contributed by atoms with E-state index in [4.69, 9.17) is 23.2 Å². The van der Waals surface area contributed by atoms with Crippen molar-refractivity contribution < 1.29 is 13.2 Å². The van der Waals surface area contributed by atoms with Crippen molar-refractivity contribution in [1.29, 1.82) is 0 Å². The molecule has 218 valence electrons. The molecule has 1 saturated heterocycles. The van der Waals surface area contributed by atoms with Crippen molar-refractivity contribution in [3.63, 3.8) is 0 Å². The lowest BCUT2D eigenvalue weighted by atomic mass is 9.67. The zero-order valence-corrected chi connectivity index (χ0v) is 26.5. The summed E-state index contributed by atoms with van der Waals surface area (Å²) in [5.41, 5.74) is 1.33. The van der Waals surface area contributed by atoms with Crippen LogP contribution in [0.3, 0.4) is 0 Å². The zero-order valence-electron chi connectivity index (χ0n) is 23.4. The van der Waals surface area contributed by atoms with Crippen LogP contribution in [-0.2, 0) is 21.4 Å². The summed E-state index contributed by atoms with van der Waals surface area (Å²) in [6.07, 6.45) is 6.13. The number of amides is 1. The Kier molecular flexibility index (Phi) is 9.03. The first-order valence-electron chi connectivity index (χ1n) is 13.9. The zero-order chi connectivity index (χ0) is 29.4. The van der Waals surface area contributed by atoms with Gasteiger partial charge in [-0.1, -0.05) is 66.5 Å². The van der Waals surface area contributed by atoms with Crippen molar-refractivity contribution in [2.45, 2.75) is 57.2 Å². The van der Waals surface area contributed by atoms with Gasteiger partial charge in [0.15, 0.2) is 0 Å². The third-order valence-electron chi connectivity index (χ3n) is 8.48. The number of carbonyl (C=O) groups is 1. The molecule has 2 aromatic carbocycles. The first-order chi connectivity index (χ1) is 19.5. The molecule has 4 atom stereocenters. The van der Waals surface area contributed by atoms with Crippen molar-refractivity contribution in [2.24, 2.45) is 11.3 Å². The van der Waals surface area contributed by atoms with Gasteiger partial charge in [-0.15, -0.1) is 17.9 Å². The second-order valence-electron chi connectivity index (χ2n) is 11.7. The lowest BCUT2D eigenvalue weighted by Crippen LogP contribution is -2.58. The lowest BCUT2D eigenvalue weighted by molar-refractivity contribution is -0.155. The summed E-state index contributed by atoms with van der Waals surface area (Å²) in [6.45, 7) is 6.52.